The minimum Gasteiger partial charge on any atom is -0.392 e. The highest BCUT2D eigenvalue weighted by Gasteiger charge is 1.86. The molecule has 0 aliphatic heterocycles. The Morgan fingerprint density at radius 1 is 1.62 bits per heavy atom. The monoisotopic (exact) mass is 114 g/mol. The molecule has 0 radical (unpaired) electrons. The third-order valence-corrected chi connectivity index (χ3v) is 0.699. The van der Waals surface area contributed by atoms with Gasteiger partial charge < -0.3 is 5.11 Å². The molecule has 0 spiro atoms. The summed E-state index contributed by atoms with van der Waals surface area (Å²) in [7, 11) is 0. The summed E-state index contributed by atoms with van der Waals surface area (Å²) in [6.07, 6.45) is 1.42. The van der Waals surface area contributed by atoms with Crippen LogP contribution in [0.5, 0.6) is 0 Å². The Balaban J connectivity index is 3.75. The van der Waals surface area contributed by atoms with Crippen LogP contribution in [-0.4, -0.2) is 17.5 Å². The van der Waals surface area contributed by atoms with Gasteiger partial charge in [0.1, 0.15) is 0 Å². The molecule has 0 bridgehead atoms. The van der Waals surface area contributed by atoms with Crippen LogP contribution in [0.15, 0.2) is 11.6 Å². The van der Waals surface area contributed by atoms with Crippen LogP contribution in [0, 0.1) is 0 Å². The Kier molecular flexibility index (Phi) is 3.12. The summed E-state index contributed by atoms with van der Waals surface area (Å²) < 4.78 is 0. The van der Waals surface area contributed by atoms with E-state index in [4.69, 9.17) is 5.11 Å². The van der Waals surface area contributed by atoms with Gasteiger partial charge in [-0.2, -0.15) is 0 Å². The zero-order valence-electron chi connectivity index (χ0n) is 5.14. The number of aliphatic hydroxyl groups excluding tert-OH is 1. The maximum Gasteiger partial charge on any atom is 0.152 e. The second kappa shape index (κ2) is 3.38. The summed E-state index contributed by atoms with van der Waals surface area (Å²) in [5.74, 6) is -0.0171. The Labute approximate surface area is 48.8 Å². The van der Waals surface area contributed by atoms with Crippen LogP contribution in [0.4, 0.5) is 0 Å². The average Bonchev–Trinajstić information content (AvgIpc) is 1.65. The Hall–Kier alpha value is -0.630. The van der Waals surface area contributed by atoms with Gasteiger partial charge in [-0.1, -0.05) is 0 Å². The minimum absolute atomic E-state index is 0.0171. The maximum atomic E-state index is 10.2. The van der Waals surface area contributed by atoms with Crippen molar-refractivity contribution in [2.75, 3.05) is 6.61 Å². The molecule has 8 heavy (non-hydrogen) atoms. The molecule has 0 aromatic rings. The Morgan fingerprint density at radius 3 is 2.25 bits per heavy atom. The number of rotatable bonds is 2. The molecule has 1 N–H and O–H groups in total. The second-order valence-electron chi connectivity index (χ2n) is 1.76. The zero-order chi connectivity index (χ0) is 6.57. The maximum absolute atomic E-state index is 10.2. The van der Waals surface area contributed by atoms with E-state index in [9.17, 15) is 4.79 Å². The summed E-state index contributed by atoms with van der Waals surface area (Å²) in [5.41, 5.74) is 0.706. The first-order chi connectivity index (χ1) is 3.66. The van der Waals surface area contributed by atoms with Crippen LogP contribution in [0.2, 0.25) is 0 Å². The van der Waals surface area contributed by atoms with Gasteiger partial charge >= 0.3 is 0 Å². The van der Waals surface area contributed by atoms with Gasteiger partial charge in [0.05, 0.1) is 6.61 Å². The molecular formula is C6H10O2. The van der Waals surface area contributed by atoms with Crippen molar-refractivity contribution in [2.24, 2.45) is 0 Å². The van der Waals surface area contributed by atoms with Gasteiger partial charge in [-0.3, -0.25) is 4.79 Å². The van der Waals surface area contributed by atoms with E-state index in [1.165, 1.54) is 13.0 Å². The standard InChI is InChI=1S/C6H10O2/c1-5(4-7)3-6(2)8/h3,7H,4H2,1-2H3/b5-3+. The van der Waals surface area contributed by atoms with E-state index in [0.29, 0.717) is 5.57 Å². The van der Waals surface area contributed by atoms with Crippen molar-refractivity contribution in [3.63, 3.8) is 0 Å². The second-order valence-corrected chi connectivity index (χ2v) is 1.76. The van der Waals surface area contributed by atoms with E-state index in [-0.39, 0.29) is 12.4 Å². The van der Waals surface area contributed by atoms with Crippen molar-refractivity contribution in [1.29, 1.82) is 0 Å². The lowest BCUT2D eigenvalue weighted by Gasteiger charge is -1.87. The lowest BCUT2D eigenvalue weighted by Crippen LogP contribution is -1.88. The summed E-state index contributed by atoms with van der Waals surface area (Å²) in [5, 5.41) is 8.36. The van der Waals surface area contributed by atoms with Gasteiger partial charge in [0, 0.05) is 0 Å². The van der Waals surface area contributed by atoms with E-state index in [1.54, 1.807) is 6.92 Å². The van der Waals surface area contributed by atoms with Crippen LogP contribution in [0.1, 0.15) is 13.8 Å². The number of ketones is 1. The first-order valence-electron chi connectivity index (χ1n) is 2.45. The van der Waals surface area contributed by atoms with E-state index < -0.39 is 0 Å². The molecule has 46 valence electrons. The molecule has 0 amide bonds. The SMILES string of the molecule is CC(=O)/C=C(\C)CO. The number of carbonyl (C=O) groups is 1. The molecule has 0 saturated carbocycles. The molecule has 0 aromatic heterocycles. The molecule has 0 aromatic carbocycles. The largest absolute Gasteiger partial charge is 0.392 e. The van der Waals surface area contributed by atoms with Gasteiger partial charge in [0.25, 0.3) is 0 Å². The average molecular weight is 114 g/mol. The van der Waals surface area contributed by atoms with E-state index in [1.807, 2.05) is 0 Å². The molecule has 2 heteroatoms. The highest BCUT2D eigenvalue weighted by Crippen LogP contribution is 1.88. The molecule has 0 fully saturated rings. The van der Waals surface area contributed by atoms with Gasteiger partial charge in [0.15, 0.2) is 5.78 Å². The molecule has 0 heterocycles. The van der Waals surface area contributed by atoms with Crippen molar-refractivity contribution in [2.45, 2.75) is 13.8 Å². The summed E-state index contributed by atoms with van der Waals surface area (Å²) >= 11 is 0. The third kappa shape index (κ3) is 3.56. The van der Waals surface area contributed by atoms with Crippen molar-refractivity contribution in [1.82, 2.24) is 0 Å². The van der Waals surface area contributed by atoms with Crippen LogP contribution in [0.25, 0.3) is 0 Å². The molecule has 2 nitrogen and oxygen atoms in total. The smallest absolute Gasteiger partial charge is 0.152 e. The van der Waals surface area contributed by atoms with Crippen LogP contribution in [0.3, 0.4) is 0 Å². The van der Waals surface area contributed by atoms with Gasteiger partial charge in [-0.15, -0.1) is 0 Å². The van der Waals surface area contributed by atoms with E-state index in [0.717, 1.165) is 0 Å². The van der Waals surface area contributed by atoms with E-state index >= 15 is 0 Å². The predicted molar refractivity (Wildman–Crippen MR) is 31.5 cm³/mol. The van der Waals surface area contributed by atoms with Gasteiger partial charge in [-0.05, 0) is 25.5 Å². The fraction of sp³-hybridized carbons (Fsp3) is 0.500. The molecule has 0 aliphatic carbocycles. The number of aliphatic hydroxyl groups is 1. The summed E-state index contributed by atoms with van der Waals surface area (Å²) in [4.78, 5) is 10.2. The number of hydrogen-bond donors (Lipinski definition) is 1. The predicted octanol–water partition coefficient (Wildman–Crippen LogP) is 0.514. The van der Waals surface area contributed by atoms with Crippen LogP contribution >= 0.6 is 0 Å². The Morgan fingerprint density at radius 2 is 2.12 bits per heavy atom. The van der Waals surface area contributed by atoms with Gasteiger partial charge in [-0.25, -0.2) is 0 Å². The molecule has 0 atom stereocenters. The molecule has 0 aliphatic rings. The highest BCUT2D eigenvalue weighted by atomic mass is 16.3. The molecular weight excluding hydrogens is 104 g/mol. The topological polar surface area (TPSA) is 37.3 Å². The molecule has 0 saturated heterocycles. The minimum atomic E-state index is -0.0282. The highest BCUT2D eigenvalue weighted by molar-refractivity contribution is 5.87. The fourth-order valence-corrected chi connectivity index (χ4v) is 0.393. The quantitative estimate of drug-likeness (QED) is 0.531. The van der Waals surface area contributed by atoms with Crippen molar-refractivity contribution in [3.05, 3.63) is 11.6 Å². The van der Waals surface area contributed by atoms with Crippen molar-refractivity contribution < 1.29 is 9.90 Å². The first kappa shape index (κ1) is 7.37. The third-order valence-electron chi connectivity index (χ3n) is 0.699. The molecule has 0 rings (SSSR count). The normalized spacial score (nSPS) is 11.6. The fourth-order valence-electron chi connectivity index (χ4n) is 0.393. The van der Waals surface area contributed by atoms with Crippen molar-refractivity contribution in [3.8, 4) is 0 Å². The van der Waals surface area contributed by atoms with Crippen LogP contribution in [-0.2, 0) is 4.79 Å². The summed E-state index contributed by atoms with van der Waals surface area (Å²) in [6, 6.07) is 0. The number of allylic oxidation sites excluding steroid dienone is 1. The lowest BCUT2D eigenvalue weighted by molar-refractivity contribution is -0.112. The number of carbonyl (C=O) groups excluding carboxylic acids is 1. The van der Waals surface area contributed by atoms with E-state index in [2.05, 4.69) is 0 Å². The molecule has 0 unspecified atom stereocenters. The number of hydrogen-bond acceptors (Lipinski definition) is 2. The van der Waals surface area contributed by atoms with Gasteiger partial charge in [0.2, 0.25) is 0 Å². The first-order valence-corrected chi connectivity index (χ1v) is 2.45. The van der Waals surface area contributed by atoms with Crippen molar-refractivity contribution >= 4 is 5.78 Å². The Bertz CT molecular complexity index is 114. The summed E-state index contributed by atoms with van der Waals surface area (Å²) in [6.45, 7) is 3.14. The van der Waals surface area contributed by atoms with Crippen LogP contribution < -0.4 is 0 Å². The zero-order valence-corrected chi connectivity index (χ0v) is 5.14. The lowest BCUT2D eigenvalue weighted by atomic mass is 10.2.